The lowest BCUT2D eigenvalue weighted by Gasteiger charge is -2.35. The number of aromatic nitrogens is 1. The van der Waals surface area contributed by atoms with E-state index in [1.165, 1.54) is 25.0 Å². The minimum atomic E-state index is 0.281. The Morgan fingerprint density at radius 1 is 1.04 bits per heavy atom. The van der Waals surface area contributed by atoms with Gasteiger partial charge in [-0.25, -0.2) is 0 Å². The van der Waals surface area contributed by atoms with Crippen molar-refractivity contribution in [2.45, 2.75) is 64.1 Å². The summed E-state index contributed by atoms with van der Waals surface area (Å²) in [5.74, 6) is 0.659. The Morgan fingerprint density at radius 3 is 2.54 bits per heavy atom. The summed E-state index contributed by atoms with van der Waals surface area (Å²) < 4.78 is 2.23. The Hall–Kier alpha value is -1.74. The van der Waals surface area contributed by atoms with Crippen molar-refractivity contribution in [3.05, 3.63) is 58.9 Å². The van der Waals surface area contributed by atoms with Gasteiger partial charge in [-0.15, -0.1) is 0 Å². The first-order valence-electron chi connectivity index (χ1n) is 9.90. The average molecular weight is 371 g/mol. The molecule has 0 unspecified atom stereocenters. The van der Waals surface area contributed by atoms with Crippen molar-refractivity contribution >= 4 is 17.5 Å². The van der Waals surface area contributed by atoms with Gasteiger partial charge in [0.1, 0.15) is 0 Å². The summed E-state index contributed by atoms with van der Waals surface area (Å²) in [5.41, 5.74) is 2.31. The molecule has 1 heterocycles. The molecule has 1 amide bonds. The Balaban J connectivity index is 1.53. The summed E-state index contributed by atoms with van der Waals surface area (Å²) in [6.07, 6.45) is 10.4. The van der Waals surface area contributed by atoms with Crippen LogP contribution in [0, 0.1) is 5.92 Å². The standard InChI is InChI=1S/C22H27ClN2O/c23-21-11-5-4-7-18(21)15-24-14-6-10-20(24)16-25(22(26)17-12-13-17)19-8-2-1-3-9-19/h4-7,10-11,14,17,19H,1-3,8-9,12-13,15-16H2. The summed E-state index contributed by atoms with van der Waals surface area (Å²) in [6, 6.07) is 12.6. The molecule has 2 fully saturated rings. The number of nitrogens with zero attached hydrogens (tertiary/aromatic N) is 2. The predicted molar refractivity (Wildman–Crippen MR) is 105 cm³/mol. The van der Waals surface area contributed by atoms with Crippen LogP contribution >= 0.6 is 11.6 Å². The zero-order chi connectivity index (χ0) is 17.9. The minimum Gasteiger partial charge on any atom is -0.345 e. The fraction of sp³-hybridized carbons (Fsp3) is 0.500. The van der Waals surface area contributed by atoms with E-state index in [1.54, 1.807) is 0 Å². The smallest absolute Gasteiger partial charge is 0.226 e. The highest BCUT2D eigenvalue weighted by atomic mass is 35.5. The molecule has 1 aromatic carbocycles. The Bertz CT molecular complexity index is 759. The van der Waals surface area contributed by atoms with E-state index in [2.05, 4.69) is 33.9 Å². The van der Waals surface area contributed by atoms with Gasteiger partial charge in [0.2, 0.25) is 5.91 Å². The second-order valence-electron chi connectivity index (χ2n) is 7.75. The lowest BCUT2D eigenvalue weighted by atomic mass is 9.93. The molecular formula is C22H27ClN2O. The fourth-order valence-corrected chi connectivity index (χ4v) is 4.27. The third-order valence-corrected chi connectivity index (χ3v) is 6.15. The van der Waals surface area contributed by atoms with Crippen LogP contribution in [0.5, 0.6) is 0 Å². The molecule has 2 aliphatic carbocycles. The van der Waals surface area contributed by atoms with E-state index in [9.17, 15) is 4.79 Å². The van der Waals surface area contributed by atoms with E-state index >= 15 is 0 Å². The van der Waals surface area contributed by atoms with E-state index in [0.717, 1.165) is 49.4 Å². The Kier molecular flexibility index (Phi) is 5.35. The van der Waals surface area contributed by atoms with Crippen LogP contribution in [-0.2, 0) is 17.9 Å². The van der Waals surface area contributed by atoms with Crippen molar-refractivity contribution in [1.29, 1.82) is 0 Å². The maximum absolute atomic E-state index is 13.0. The van der Waals surface area contributed by atoms with Gasteiger partial charge >= 0.3 is 0 Å². The van der Waals surface area contributed by atoms with Crippen LogP contribution < -0.4 is 0 Å². The number of amides is 1. The third-order valence-electron chi connectivity index (χ3n) is 5.78. The van der Waals surface area contributed by atoms with Crippen molar-refractivity contribution in [2.75, 3.05) is 0 Å². The molecule has 2 saturated carbocycles. The number of carbonyl (C=O) groups is 1. The molecule has 0 bridgehead atoms. The van der Waals surface area contributed by atoms with Crippen LogP contribution in [0.25, 0.3) is 0 Å². The zero-order valence-corrected chi connectivity index (χ0v) is 16.0. The van der Waals surface area contributed by atoms with Crippen LogP contribution in [0.4, 0.5) is 0 Å². The molecule has 0 radical (unpaired) electrons. The molecule has 4 rings (SSSR count). The van der Waals surface area contributed by atoms with Gasteiger partial charge in [-0.1, -0.05) is 49.1 Å². The first kappa shape index (κ1) is 17.7. The molecule has 4 heteroatoms. The van der Waals surface area contributed by atoms with Gasteiger partial charge in [0, 0.05) is 35.4 Å². The number of benzene rings is 1. The van der Waals surface area contributed by atoms with E-state index in [0.29, 0.717) is 11.9 Å². The summed E-state index contributed by atoms with van der Waals surface area (Å²) >= 11 is 6.34. The van der Waals surface area contributed by atoms with Gasteiger partial charge < -0.3 is 9.47 Å². The second-order valence-corrected chi connectivity index (χ2v) is 8.16. The highest BCUT2D eigenvalue weighted by Crippen LogP contribution is 2.34. The summed E-state index contributed by atoms with van der Waals surface area (Å²) in [6.45, 7) is 1.47. The molecule has 0 N–H and O–H groups in total. The molecule has 3 nitrogen and oxygen atoms in total. The lowest BCUT2D eigenvalue weighted by Crippen LogP contribution is -2.42. The van der Waals surface area contributed by atoms with E-state index in [4.69, 9.17) is 11.6 Å². The van der Waals surface area contributed by atoms with Crippen LogP contribution in [0.1, 0.15) is 56.2 Å². The second kappa shape index (κ2) is 7.87. The van der Waals surface area contributed by atoms with Gasteiger partial charge in [-0.05, 0) is 49.4 Å². The zero-order valence-electron chi connectivity index (χ0n) is 15.2. The van der Waals surface area contributed by atoms with Gasteiger partial charge in [0.05, 0.1) is 6.54 Å². The van der Waals surface area contributed by atoms with Crippen LogP contribution in [0.15, 0.2) is 42.6 Å². The summed E-state index contributed by atoms with van der Waals surface area (Å²) in [4.78, 5) is 15.1. The summed E-state index contributed by atoms with van der Waals surface area (Å²) in [5, 5.41) is 0.797. The SMILES string of the molecule is O=C(C1CC1)N(Cc1cccn1Cc1ccccc1Cl)C1CCCCC1. The average Bonchev–Trinajstić information content (AvgIpc) is 3.43. The topological polar surface area (TPSA) is 25.2 Å². The van der Waals surface area contributed by atoms with E-state index in [1.807, 2.05) is 18.2 Å². The first-order chi connectivity index (χ1) is 12.7. The quantitative estimate of drug-likeness (QED) is 0.680. The Morgan fingerprint density at radius 2 is 1.81 bits per heavy atom. The third kappa shape index (κ3) is 3.98. The van der Waals surface area contributed by atoms with Gasteiger partial charge in [-0.3, -0.25) is 4.79 Å². The van der Waals surface area contributed by atoms with Crippen LogP contribution in [0.2, 0.25) is 5.02 Å². The van der Waals surface area contributed by atoms with Crippen LogP contribution in [0.3, 0.4) is 0 Å². The molecule has 138 valence electrons. The molecule has 0 atom stereocenters. The molecular weight excluding hydrogens is 344 g/mol. The minimum absolute atomic E-state index is 0.281. The predicted octanol–water partition coefficient (Wildman–Crippen LogP) is 5.26. The highest BCUT2D eigenvalue weighted by molar-refractivity contribution is 6.31. The molecule has 2 aromatic rings. The number of rotatable bonds is 6. The largest absolute Gasteiger partial charge is 0.345 e. The maximum Gasteiger partial charge on any atom is 0.226 e. The van der Waals surface area contributed by atoms with Crippen molar-refractivity contribution in [1.82, 2.24) is 9.47 Å². The summed E-state index contributed by atoms with van der Waals surface area (Å²) in [7, 11) is 0. The molecule has 0 aliphatic heterocycles. The molecule has 2 aliphatic rings. The highest BCUT2D eigenvalue weighted by Gasteiger charge is 2.36. The van der Waals surface area contributed by atoms with Gasteiger partial charge in [-0.2, -0.15) is 0 Å². The normalized spacial score (nSPS) is 18.0. The van der Waals surface area contributed by atoms with Crippen molar-refractivity contribution in [3.8, 4) is 0 Å². The first-order valence-corrected chi connectivity index (χ1v) is 10.3. The number of hydrogen-bond donors (Lipinski definition) is 0. The van der Waals surface area contributed by atoms with Crippen molar-refractivity contribution in [3.63, 3.8) is 0 Å². The number of hydrogen-bond acceptors (Lipinski definition) is 1. The van der Waals surface area contributed by atoms with Gasteiger partial charge in [0.25, 0.3) is 0 Å². The Labute approximate surface area is 160 Å². The fourth-order valence-electron chi connectivity index (χ4n) is 4.08. The molecule has 1 aromatic heterocycles. The monoisotopic (exact) mass is 370 g/mol. The van der Waals surface area contributed by atoms with Crippen LogP contribution in [-0.4, -0.2) is 21.4 Å². The molecule has 26 heavy (non-hydrogen) atoms. The van der Waals surface area contributed by atoms with E-state index < -0.39 is 0 Å². The van der Waals surface area contributed by atoms with Crippen molar-refractivity contribution < 1.29 is 4.79 Å². The van der Waals surface area contributed by atoms with Gasteiger partial charge in [0.15, 0.2) is 0 Å². The lowest BCUT2D eigenvalue weighted by molar-refractivity contribution is -0.136. The molecule has 0 spiro atoms. The molecule has 0 saturated heterocycles. The number of halogens is 1. The van der Waals surface area contributed by atoms with Crippen molar-refractivity contribution in [2.24, 2.45) is 5.92 Å². The number of carbonyl (C=O) groups excluding carboxylic acids is 1. The van der Waals surface area contributed by atoms with E-state index in [-0.39, 0.29) is 5.92 Å². The maximum atomic E-state index is 13.0.